The quantitative estimate of drug-likeness (QED) is 0.824. The molecule has 2 N–H and O–H groups in total. The maximum Gasteiger partial charge on any atom is 0.224 e. The van der Waals surface area contributed by atoms with Gasteiger partial charge in [-0.25, -0.2) is 4.98 Å². The number of hydrogen-bond acceptors (Lipinski definition) is 5. The largest absolute Gasteiger partial charge is 0.388 e. The average Bonchev–Trinajstić information content (AvgIpc) is 3.02. The van der Waals surface area contributed by atoms with Crippen molar-refractivity contribution in [3.05, 3.63) is 18.7 Å². The molecule has 3 rings (SSSR count). The van der Waals surface area contributed by atoms with Crippen LogP contribution in [-0.2, 0) is 16.1 Å². The van der Waals surface area contributed by atoms with Crippen molar-refractivity contribution in [2.75, 3.05) is 26.7 Å². The van der Waals surface area contributed by atoms with Gasteiger partial charge in [-0.3, -0.25) is 4.79 Å². The summed E-state index contributed by atoms with van der Waals surface area (Å²) in [5.74, 6) is 0.348. The van der Waals surface area contributed by atoms with Gasteiger partial charge in [-0.2, -0.15) is 0 Å². The Morgan fingerprint density at radius 2 is 2.38 bits per heavy atom. The van der Waals surface area contributed by atoms with Crippen molar-refractivity contribution in [2.45, 2.75) is 50.5 Å². The van der Waals surface area contributed by atoms with Crippen molar-refractivity contribution in [1.82, 2.24) is 19.8 Å². The van der Waals surface area contributed by atoms with Crippen molar-refractivity contribution in [1.29, 1.82) is 0 Å². The number of nitrogens with one attached hydrogen (secondary N) is 1. The second-order valence-electron chi connectivity index (χ2n) is 7.21. The molecule has 0 aliphatic carbocycles. The number of aliphatic hydroxyl groups is 1. The highest BCUT2D eigenvalue weighted by molar-refractivity contribution is 5.76. The van der Waals surface area contributed by atoms with Gasteiger partial charge in [0, 0.05) is 44.4 Å². The molecule has 2 aliphatic heterocycles. The summed E-state index contributed by atoms with van der Waals surface area (Å²) in [5, 5.41) is 13.9. The number of likely N-dealkylation sites (N-methyl/N-ethyl adjacent to an activating group) is 1. The van der Waals surface area contributed by atoms with Crippen LogP contribution in [0.1, 0.15) is 26.2 Å². The van der Waals surface area contributed by atoms with E-state index in [-0.39, 0.29) is 24.0 Å². The summed E-state index contributed by atoms with van der Waals surface area (Å²) in [7, 11) is 1.85. The first kappa shape index (κ1) is 17.4. The van der Waals surface area contributed by atoms with E-state index in [0.717, 1.165) is 13.0 Å². The second-order valence-corrected chi connectivity index (χ2v) is 7.21. The molecule has 0 aromatic carbocycles. The Hall–Kier alpha value is -1.44. The summed E-state index contributed by atoms with van der Waals surface area (Å²) in [6.07, 6.45) is 7.42. The number of aromatic nitrogens is 2. The van der Waals surface area contributed by atoms with Crippen LogP contribution in [0.25, 0.3) is 0 Å². The molecule has 1 aromatic rings. The minimum Gasteiger partial charge on any atom is -0.388 e. The van der Waals surface area contributed by atoms with Crippen LogP contribution in [-0.4, -0.2) is 70.0 Å². The Morgan fingerprint density at radius 1 is 1.54 bits per heavy atom. The highest BCUT2D eigenvalue weighted by Crippen LogP contribution is 2.33. The molecule has 24 heavy (non-hydrogen) atoms. The SMILES string of the molecule is CN[C@@H]1CO[C@@H]2CCN(C(=O)CCn3ccnc3)C[C@@H]2C[C@@]1(C)O. The van der Waals surface area contributed by atoms with Crippen LogP contribution in [0.15, 0.2) is 18.7 Å². The number of carbonyl (C=O) groups excluding carboxylic acids is 1. The first-order chi connectivity index (χ1) is 11.5. The number of ether oxygens (including phenoxy) is 1. The second kappa shape index (κ2) is 7.21. The third-order valence-electron chi connectivity index (χ3n) is 5.41. The molecule has 0 spiro atoms. The van der Waals surface area contributed by atoms with Gasteiger partial charge in [0.1, 0.15) is 0 Å². The first-order valence-electron chi connectivity index (χ1n) is 8.74. The number of piperidine rings is 1. The lowest BCUT2D eigenvalue weighted by molar-refractivity contribution is -0.136. The molecule has 1 amide bonds. The van der Waals surface area contributed by atoms with Crippen LogP contribution in [0.5, 0.6) is 0 Å². The van der Waals surface area contributed by atoms with Crippen LogP contribution in [0.3, 0.4) is 0 Å². The smallest absolute Gasteiger partial charge is 0.224 e. The van der Waals surface area contributed by atoms with E-state index >= 15 is 0 Å². The fourth-order valence-corrected chi connectivity index (χ4v) is 3.92. The molecular weight excluding hydrogens is 308 g/mol. The van der Waals surface area contributed by atoms with E-state index in [9.17, 15) is 9.90 Å². The zero-order valence-corrected chi connectivity index (χ0v) is 14.5. The lowest BCUT2D eigenvalue weighted by Crippen LogP contribution is -2.51. The maximum atomic E-state index is 12.5. The van der Waals surface area contributed by atoms with E-state index in [2.05, 4.69) is 10.3 Å². The fraction of sp³-hybridized carbons (Fsp3) is 0.765. The Balaban J connectivity index is 1.58. The molecule has 2 aliphatic rings. The number of carbonyl (C=O) groups is 1. The lowest BCUT2D eigenvalue weighted by Gasteiger charge is -2.39. The normalized spacial score (nSPS) is 33.8. The fourth-order valence-electron chi connectivity index (χ4n) is 3.92. The zero-order valence-electron chi connectivity index (χ0n) is 14.5. The molecule has 0 radical (unpaired) electrons. The highest BCUT2D eigenvalue weighted by Gasteiger charge is 2.43. The molecule has 7 nitrogen and oxygen atoms in total. The number of aryl methyl sites for hydroxylation is 1. The molecule has 7 heteroatoms. The molecule has 134 valence electrons. The monoisotopic (exact) mass is 336 g/mol. The van der Waals surface area contributed by atoms with Crippen LogP contribution >= 0.6 is 0 Å². The molecule has 1 aromatic heterocycles. The number of nitrogens with zero attached hydrogens (tertiary/aromatic N) is 3. The van der Waals surface area contributed by atoms with Crippen molar-refractivity contribution in [3.8, 4) is 0 Å². The van der Waals surface area contributed by atoms with E-state index in [1.165, 1.54) is 0 Å². The Kier molecular flexibility index (Phi) is 5.22. The van der Waals surface area contributed by atoms with Crippen molar-refractivity contribution >= 4 is 5.91 Å². The van der Waals surface area contributed by atoms with E-state index in [1.807, 2.05) is 29.6 Å². The number of likely N-dealkylation sites (tertiary alicyclic amines) is 1. The van der Waals surface area contributed by atoms with Gasteiger partial charge in [-0.1, -0.05) is 0 Å². The number of hydrogen-bond donors (Lipinski definition) is 2. The Bertz CT molecular complexity index is 546. The van der Waals surface area contributed by atoms with E-state index < -0.39 is 5.60 Å². The van der Waals surface area contributed by atoms with Crippen molar-refractivity contribution in [3.63, 3.8) is 0 Å². The maximum absolute atomic E-state index is 12.5. The van der Waals surface area contributed by atoms with Crippen molar-refractivity contribution < 1.29 is 14.6 Å². The molecule has 0 unspecified atom stereocenters. The van der Waals surface area contributed by atoms with Crippen molar-refractivity contribution in [2.24, 2.45) is 5.92 Å². The molecule has 2 saturated heterocycles. The molecule has 0 saturated carbocycles. The van der Waals surface area contributed by atoms with Gasteiger partial charge in [0.25, 0.3) is 0 Å². The third-order valence-corrected chi connectivity index (χ3v) is 5.41. The van der Waals surface area contributed by atoms with Gasteiger partial charge in [-0.15, -0.1) is 0 Å². The molecule has 4 atom stereocenters. The topological polar surface area (TPSA) is 79.6 Å². The number of imidazole rings is 1. The molecule has 0 bridgehead atoms. The predicted molar refractivity (Wildman–Crippen MR) is 89.4 cm³/mol. The summed E-state index contributed by atoms with van der Waals surface area (Å²) >= 11 is 0. The van der Waals surface area contributed by atoms with E-state index in [4.69, 9.17) is 4.74 Å². The van der Waals surface area contributed by atoms with Gasteiger partial charge < -0.3 is 24.6 Å². The average molecular weight is 336 g/mol. The number of amides is 1. The van der Waals surface area contributed by atoms with Gasteiger partial charge in [-0.05, 0) is 26.8 Å². The van der Waals surface area contributed by atoms with Crippen LogP contribution < -0.4 is 5.32 Å². The van der Waals surface area contributed by atoms with Crippen LogP contribution in [0, 0.1) is 5.92 Å². The summed E-state index contributed by atoms with van der Waals surface area (Å²) in [4.78, 5) is 18.4. The number of rotatable bonds is 4. The van der Waals surface area contributed by atoms with Gasteiger partial charge in [0.15, 0.2) is 0 Å². The summed E-state index contributed by atoms with van der Waals surface area (Å²) in [5.41, 5.74) is -0.822. The summed E-state index contributed by atoms with van der Waals surface area (Å²) < 4.78 is 7.94. The first-order valence-corrected chi connectivity index (χ1v) is 8.74. The van der Waals surface area contributed by atoms with Gasteiger partial charge in [0.05, 0.1) is 30.7 Å². The minimum atomic E-state index is -0.822. The highest BCUT2D eigenvalue weighted by atomic mass is 16.5. The molecular formula is C17H28N4O3. The number of fused-ring (bicyclic) bond motifs is 1. The van der Waals surface area contributed by atoms with Crippen LogP contribution in [0.4, 0.5) is 0 Å². The van der Waals surface area contributed by atoms with Gasteiger partial charge in [0.2, 0.25) is 5.91 Å². The molecule has 2 fully saturated rings. The van der Waals surface area contributed by atoms with E-state index in [0.29, 0.717) is 32.5 Å². The lowest BCUT2D eigenvalue weighted by atomic mass is 9.82. The summed E-state index contributed by atoms with van der Waals surface area (Å²) in [6, 6.07) is -0.0755. The van der Waals surface area contributed by atoms with E-state index in [1.54, 1.807) is 12.5 Å². The minimum absolute atomic E-state index is 0.0755. The summed E-state index contributed by atoms with van der Waals surface area (Å²) in [6.45, 7) is 4.43. The zero-order chi connectivity index (χ0) is 17.2. The van der Waals surface area contributed by atoms with Gasteiger partial charge >= 0.3 is 0 Å². The third kappa shape index (κ3) is 3.79. The Morgan fingerprint density at radius 3 is 3.08 bits per heavy atom. The molecule has 3 heterocycles. The van der Waals surface area contributed by atoms with Crippen LogP contribution in [0.2, 0.25) is 0 Å². The standard InChI is InChI=1S/C17H28N4O3/c1-17(23)9-13-10-21(7-3-14(13)24-11-15(17)18-2)16(22)4-6-20-8-5-19-12-20/h5,8,12-15,18,23H,3-4,6-7,9-11H2,1-2H3/t13-,14+,15+,17+/m0/s1. The predicted octanol–water partition coefficient (Wildman–Crippen LogP) is 0.250. The Labute approximate surface area is 143 Å².